The first kappa shape index (κ1) is 19.5. The number of hydrogen-bond donors (Lipinski definition) is 2. The van der Waals surface area contributed by atoms with Crippen LogP contribution in [0.3, 0.4) is 0 Å². The number of rotatable bonds is 5. The first-order chi connectivity index (χ1) is 13.3. The molecule has 0 saturated carbocycles. The third kappa shape index (κ3) is 4.19. The number of anilines is 2. The number of fused-ring (bicyclic) bond motifs is 1. The van der Waals surface area contributed by atoms with Crippen molar-refractivity contribution in [3.05, 3.63) is 54.1 Å². The van der Waals surface area contributed by atoms with Crippen molar-refractivity contribution < 1.29 is 27.5 Å². The van der Waals surface area contributed by atoms with Gasteiger partial charge in [-0.25, -0.2) is 0 Å². The first-order valence-electron chi connectivity index (χ1n) is 8.55. The fourth-order valence-corrected chi connectivity index (χ4v) is 2.84. The maximum Gasteiger partial charge on any atom is 0.418 e. The van der Waals surface area contributed by atoms with Gasteiger partial charge in [-0.05, 0) is 31.2 Å². The Kier molecular flexibility index (Phi) is 5.43. The van der Waals surface area contributed by atoms with E-state index in [1.807, 2.05) is 0 Å². The number of benzene rings is 2. The lowest BCUT2D eigenvalue weighted by atomic mass is 10.1. The molecular weight excluding hydrogens is 375 g/mol. The molecule has 0 radical (unpaired) electrons. The number of ether oxygens (including phenoxy) is 1. The lowest BCUT2D eigenvalue weighted by molar-refractivity contribution is -0.137. The predicted octanol–water partition coefficient (Wildman–Crippen LogP) is 3.35. The number of hydrazine groups is 1. The maximum atomic E-state index is 13.0. The molecule has 2 N–H and O–H groups in total. The average molecular weight is 393 g/mol. The second-order valence-electron chi connectivity index (χ2n) is 6.18. The number of alkyl halides is 3. The van der Waals surface area contributed by atoms with Crippen LogP contribution < -0.4 is 20.5 Å². The summed E-state index contributed by atoms with van der Waals surface area (Å²) in [7, 11) is 0. The summed E-state index contributed by atoms with van der Waals surface area (Å²) >= 11 is 0. The summed E-state index contributed by atoms with van der Waals surface area (Å²) in [5.74, 6) is -0.310. The molecule has 2 aromatic rings. The molecule has 2 aromatic carbocycles. The number of halogens is 3. The fraction of sp³-hybridized carbons (Fsp3) is 0.263. The van der Waals surface area contributed by atoms with Crippen LogP contribution in [0, 0.1) is 0 Å². The standard InChI is InChI=1S/C19H18F3N3O3/c1-12-18(27)25(15-8-4-5-9-16(15)28-12)11-10-17(26)24-23-14-7-3-2-6-13(14)19(20,21)22/h2-9,12,23H,10-11H2,1H3,(H,24,26). The summed E-state index contributed by atoms with van der Waals surface area (Å²) in [5.41, 5.74) is 3.94. The van der Waals surface area contributed by atoms with E-state index in [4.69, 9.17) is 4.74 Å². The molecule has 2 amide bonds. The van der Waals surface area contributed by atoms with Gasteiger partial charge in [-0.1, -0.05) is 24.3 Å². The molecule has 1 heterocycles. The third-order valence-electron chi connectivity index (χ3n) is 4.21. The summed E-state index contributed by atoms with van der Waals surface area (Å²) in [6, 6.07) is 11.8. The highest BCUT2D eigenvalue weighted by Gasteiger charge is 2.33. The lowest BCUT2D eigenvalue weighted by Gasteiger charge is -2.32. The molecule has 0 aliphatic carbocycles. The summed E-state index contributed by atoms with van der Waals surface area (Å²) in [4.78, 5) is 25.9. The van der Waals surface area contributed by atoms with E-state index in [0.29, 0.717) is 11.4 Å². The SMILES string of the molecule is CC1Oc2ccccc2N(CCC(=O)NNc2ccccc2C(F)(F)F)C1=O. The van der Waals surface area contributed by atoms with E-state index < -0.39 is 23.8 Å². The Bertz CT molecular complexity index is 886. The quantitative estimate of drug-likeness (QED) is 0.765. The van der Waals surface area contributed by atoms with Crippen molar-refractivity contribution in [3.8, 4) is 5.75 Å². The molecule has 28 heavy (non-hydrogen) atoms. The Labute approximate surface area is 159 Å². The number of amides is 2. The number of nitrogens with zero attached hydrogens (tertiary/aromatic N) is 1. The molecule has 1 aliphatic rings. The summed E-state index contributed by atoms with van der Waals surface area (Å²) in [6.45, 7) is 1.68. The number of carbonyl (C=O) groups excluding carboxylic acids is 2. The molecule has 0 fully saturated rings. The van der Waals surface area contributed by atoms with Crippen molar-refractivity contribution in [1.29, 1.82) is 0 Å². The Morgan fingerprint density at radius 1 is 1.14 bits per heavy atom. The van der Waals surface area contributed by atoms with Gasteiger partial charge in [0.1, 0.15) is 5.75 Å². The smallest absolute Gasteiger partial charge is 0.418 e. The summed E-state index contributed by atoms with van der Waals surface area (Å²) in [5, 5.41) is 0. The average Bonchev–Trinajstić information content (AvgIpc) is 2.66. The molecule has 0 spiro atoms. The highest BCUT2D eigenvalue weighted by molar-refractivity contribution is 6.00. The number of carbonyl (C=O) groups is 2. The van der Waals surface area contributed by atoms with Gasteiger partial charge < -0.3 is 9.64 Å². The fourth-order valence-electron chi connectivity index (χ4n) is 2.84. The van der Waals surface area contributed by atoms with E-state index in [0.717, 1.165) is 6.07 Å². The maximum absolute atomic E-state index is 13.0. The minimum Gasteiger partial charge on any atom is -0.479 e. The van der Waals surface area contributed by atoms with Crippen molar-refractivity contribution in [2.45, 2.75) is 25.6 Å². The number of hydrogen-bond acceptors (Lipinski definition) is 4. The van der Waals surface area contributed by atoms with Gasteiger partial charge >= 0.3 is 6.18 Å². The molecule has 1 atom stereocenters. The highest BCUT2D eigenvalue weighted by Crippen LogP contribution is 2.35. The Morgan fingerprint density at radius 2 is 1.82 bits per heavy atom. The van der Waals surface area contributed by atoms with Gasteiger partial charge in [0.05, 0.1) is 16.9 Å². The van der Waals surface area contributed by atoms with E-state index >= 15 is 0 Å². The Morgan fingerprint density at radius 3 is 2.57 bits per heavy atom. The zero-order valence-electron chi connectivity index (χ0n) is 14.9. The van der Waals surface area contributed by atoms with Crippen LogP contribution in [0.4, 0.5) is 24.5 Å². The van der Waals surface area contributed by atoms with Crippen molar-refractivity contribution in [2.75, 3.05) is 16.9 Å². The summed E-state index contributed by atoms with van der Waals surface area (Å²) in [6.07, 6.45) is -5.34. The van der Waals surface area contributed by atoms with Crippen molar-refractivity contribution in [3.63, 3.8) is 0 Å². The van der Waals surface area contributed by atoms with Crippen molar-refractivity contribution in [1.82, 2.24) is 5.43 Å². The molecule has 6 nitrogen and oxygen atoms in total. The molecule has 0 bridgehead atoms. The number of nitrogens with one attached hydrogen (secondary N) is 2. The molecule has 1 aliphatic heterocycles. The molecule has 0 aromatic heterocycles. The first-order valence-corrected chi connectivity index (χ1v) is 8.55. The van der Waals surface area contributed by atoms with Gasteiger partial charge in [-0.15, -0.1) is 0 Å². The van der Waals surface area contributed by atoms with Crippen molar-refractivity contribution in [2.24, 2.45) is 0 Å². The van der Waals surface area contributed by atoms with E-state index in [9.17, 15) is 22.8 Å². The molecule has 1 unspecified atom stereocenters. The van der Waals surface area contributed by atoms with E-state index in [1.54, 1.807) is 31.2 Å². The third-order valence-corrected chi connectivity index (χ3v) is 4.21. The molecule has 148 valence electrons. The van der Waals surface area contributed by atoms with Gasteiger partial charge in [0, 0.05) is 13.0 Å². The second-order valence-corrected chi connectivity index (χ2v) is 6.18. The van der Waals surface area contributed by atoms with Crippen LogP contribution in [0.1, 0.15) is 18.9 Å². The van der Waals surface area contributed by atoms with Crippen LogP contribution in [0.5, 0.6) is 5.75 Å². The van der Waals surface area contributed by atoms with Gasteiger partial charge in [-0.2, -0.15) is 13.2 Å². The van der Waals surface area contributed by atoms with Gasteiger partial charge in [0.2, 0.25) is 5.91 Å². The van der Waals surface area contributed by atoms with Crippen molar-refractivity contribution >= 4 is 23.2 Å². The van der Waals surface area contributed by atoms with Crippen LogP contribution in [-0.2, 0) is 15.8 Å². The van der Waals surface area contributed by atoms with Crippen LogP contribution in [0.15, 0.2) is 48.5 Å². The van der Waals surface area contributed by atoms with Gasteiger partial charge in [0.25, 0.3) is 5.91 Å². The van der Waals surface area contributed by atoms with Crippen LogP contribution in [0.25, 0.3) is 0 Å². The number of para-hydroxylation sites is 3. The molecule has 9 heteroatoms. The summed E-state index contributed by atoms with van der Waals surface area (Å²) < 4.78 is 44.4. The minimum atomic E-state index is -4.55. The van der Waals surface area contributed by atoms with E-state index in [-0.39, 0.29) is 24.6 Å². The molecular formula is C19H18F3N3O3. The predicted molar refractivity (Wildman–Crippen MR) is 96.7 cm³/mol. The zero-order valence-corrected chi connectivity index (χ0v) is 14.9. The van der Waals surface area contributed by atoms with Gasteiger partial charge in [0.15, 0.2) is 6.10 Å². The lowest BCUT2D eigenvalue weighted by Crippen LogP contribution is -2.46. The van der Waals surface area contributed by atoms with Crippen LogP contribution in [-0.4, -0.2) is 24.5 Å². The van der Waals surface area contributed by atoms with Crippen LogP contribution in [0.2, 0.25) is 0 Å². The Balaban J connectivity index is 1.62. The zero-order chi connectivity index (χ0) is 20.3. The normalized spacial score (nSPS) is 16.2. The van der Waals surface area contributed by atoms with Crippen LogP contribution >= 0.6 is 0 Å². The largest absolute Gasteiger partial charge is 0.479 e. The van der Waals surface area contributed by atoms with E-state index in [2.05, 4.69) is 10.9 Å². The monoisotopic (exact) mass is 393 g/mol. The minimum absolute atomic E-state index is 0.0674. The highest BCUT2D eigenvalue weighted by atomic mass is 19.4. The second kappa shape index (κ2) is 7.79. The van der Waals surface area contributed by atoms with Gasteiger partial charge in [-0.3, -0.25) is 20.4 Å². The molecule has 3 rings (SSSR count). The topological polar surface area (TPSA) is 70.7 Å². The molecule has 0 saturated heterocycles. The van der Waals surface area contributed by atoms with E-state index in [1.165, 1.54) is 23.1 Å². The Hall–Kier alpha value is -3.23.